The minimum atomic E-state index is 0. The van der Waals surface area contributed by atoms with Crippen LogP contribution in [-0.2, 0) is 0 Å². The van der Waals surface area contributed by atoms with Crippen LogP contribution >= 0.6 is 12.4 Å². The number of halogens is 1. The fourth-order valence-electron chi connectivity index (χ4n) is 2.37. The first kappa shape index (κ1) is 15.5. The number of carbonyl (C=O) groups is 1. The van der Waals surface area contributed by atoms with Crippen molar-refractivity contribution in [3.05, 3.63) is 35.4 Å². The first-order valence-corrected chi connectivity index (χ1v) is 6.27. The van der Waals surface area contributed by atoms with Gasteiger partial charge in [0, 0.05) is 24.7 Å². The van der Waals surface area contributed by atoms with E-state index in [-0.39, 0.29) is 24.4 Å². The van der Waals surface area contributed by atoms with Crippen LogP contribution in [0.1, 0.15) is 35.2 Å². The Morgan fingerprint density at radius 3 is 2.63 bits per heavy atom. The van der Waals surface area contributed by atoms with Gasteiger partial charge in [0.2, 0.25) is 0 Å². The Bertz CT molecular complexity index is 467. The number of rotatable bonds is 2. The summed E-state index contributed by atoms with van der Waals surface area (Å²) in [5, 5.41) is 8.73. The SMILES string of the molecule is Cl.N#Cc1ccc(C(=O)N2CCCCC2CN)cc1. The normalized spacial score (nSPS) is 18.3. The van der Waals surface area contributed by atoms with Crippen LogP contribution in [0.4, 0.5) is 0 Å². The molecule has 1 fully saturated rings. The number of benzene rings is 1. The van der Waals surface area contributed by atoms with Crippen molar-refractivity contribution in [1.29, 1.82) is 5.26 Å². The van der Waals surface area contributed by atoms with Gasteiger partial charge in [-0.25, -0.2) is 0 Å². The van der Waals surface area contributed by atoms with Crippen molar-refractivity contribution in [3.8, 4) is 6.07 Å². The Morgan fingerprint density at radius 1 is 1.37 bits per heavy atom. The number of nitriles is 1. The van der Waals surface area contributed by atoms with Crippen LogP contribution < -0.4 is 5.73 Å². The standard InChI is InChI=1S/C14H17N3O.ClH/c15-9-11-4-6-12(7-5-11)14(18)17-8-2-1-3-13(17)10-16;/h4-7,13H,1-3,8,10,16H2;1H. The molecular weight excluding hydrogens is 262 g/mol. The highest BCUT2D eigenvalue weighted by Crippen LogP contribution is 2.19. The van der Waals surface area contributed by atoms with Gasteiger partial charge in [0.05, 0.1) is 11.6 Å². The molecule has 5 heteroatoms. The summed E-state index contributed by atoms with van der Waals surface area (Å²) in [6.07, 6.45) is 3.16. The average Bonchev–Trinajstić information content (AvgIpc) is 2.46. The molecule has 2 rings (SSSR count). The van der Waals surface area contributed by atoms with Crippen molar-refractivity contribution in [2.24, 2.45) is 5.73 Å². The van der Waals surface area contributed by atoms with Gasteiger partial charge >= 0.3 is 0 Å². The van der Waals surface area contributed by atoms with E-state index in [1.54, 1.807) is 24.3 Å². The van der Waals surface area contributed by atoms with Crippen LogP contribution in [0.2, 0.25) is 0 Å². The molecule has 1 unspecified atom stereocenters. The third kappa shape index (κ3) is 3.46. The summed E-state index contributed by atoms with van der Waals surface area (Å²) in [6, 6.07) is 8.98. The molecule has 0 radical (unpaired) electrons. The maximum absolute atomic E-state index is 12.4. The Morgan fingerprint density at radius 2 is 2.05 bits per heavy atom. The van der Waals surface area contributed by atoms with Crippen LogP contribution in [0.15, 0.2) is 24.3 Å². The zero-order valence-electron chi connectivity index (χ0n) is 10.7. The summed E-state index contributed by atoms with van der Waals surface area (Å²) in [7, 11) is 0. The zero-order valence-corrected chi connectivity index (χ0v) is 11.5. The smallest absolute Gasteiger partial charge is 0.254 e. The zero-order chi connectivity index (χ0) is 13.0. The Balaban J connectivity index is 0.00000180. The molecule has 1 aliphatic heterocycles. The third-order valence-corrected chi connectivity index (χ3v) is 3.42. The van der Waals surface area contributed by atoms with Crippen molar-refractivity contribution >= 4 is 18.3 Å². The molecule has 0 aromatic heterocycles. The maximum Gasteiger partial charge on any atom is 0.254 e. The predicted molar refractivity (Wildman–Crippen MR) is 76.1 cm³/mol. The molecule has 0 aliphatic carbocycles. The van der Waals surface area contributed by atoms with E-state index in [4.69, 9.17) is 11.0 Å². The van der Waals surface area contributed by atoms with Gasteiger partial charge in [-0.2, -0.15) is 5.26 Å². The fraction of sp³-hybridized carbons (Fsp3) is 0.429. The molecule has 1 aliphatic rings. The lowest BCUT2D eigenvalue weighted by atomic mass is 10.0. The second-order valence-corrected chi connectivity index (χ2v) is 4.57. The predicted octanol–water partition coefficient (Wildman–Crippen LogP) is 1.93. The summed E-state index contributed by atoms with van der Waals surface area (Å²) in [5.41, 5.74) is 6.92. The number of piperidine rings is 1. The number of hydrogen-bond donors (Lipinski definition) is 1. The highest BCUT2D eigenvalue weighted by Gasteiger charge is 2.26. The molecule has 0 saturated carbocycles. The molecule has 19 heavy (non-hydrogen) atoms. The highest BCUT2D eigenvalue weighted by atomic mass is 35.5. The van der Waals surface area contributed by atoms with Gasteiger partial charge in [0.25, 0.3) is 5.91 Å². The van der Waals surface area contributed by atoms with Gasteiger partial charge in [-0.1, -0.05) is 0 Å². The van der Waals surface area contributed by atoms with E-state index in [1.807, 2.05) is 11.0 Å². The van der Waals surface area contributed by atoms with Crippen LogP contribution in [0.5, 0.6) is 0 Å². The van der Waals surface area contributed by atoms with Crippen molar-refractivity contribution < 1.29 is 4.79 Å². The quantitative estimate of drug-likeness (QED) is 0.899. The van der Waals surface area contributed by atoms with Gasteiger partial charge in [-0.15, -0.1) is 12.4 Å². The first-order chi connectivity index (χ1) is 8.76. The van der Waals surface area contributed by atoms with E-state index in [1.165, 1.54) is 0 Å². The minimum absolute atomic E-state index is 0. The second kappa shape index (κ2) is 7.13. The monoisotopic (exact) mass is 279 g/mol. The molecule has 0 bridgehead atoms. The number of amides is 1. The van der Waals surface area contributed by atoms with Crippen molar-refractivity contribution in [2.45, 2.75) is 25.3 Å². The maximum atomic E-state index is 12.4. The van der Waals surface area contributed by atoms with Crippen molar-refractivity contribution in [1.82, 2.24) is 4.90 Å². The number of hydrogen-bond acceptors (Lipinski definition) is 3. The van der Waals surface area contributed by atoms with E-state index >= 15 is 0 Å². The minimum Gasteiger partial charge on any atom is -0.334 e. The summed E-state index contributed by atoms with van der Waals surface area (Å²) in [5.74, 6) is 0.0228. The first-order valence-electron chi connectivity index (χ1n) is 6.27. The molecule has 102 valence electrons. The van der Waals surface area contributed by atoms with E-state index in [0.29, 0.717) is 17.7 Å². The Labute approximate surface area is 119 Å². The van der Waals surface area contributed by atoms with Crippen LogP contribution in [0.25, 0.3) is 0 Å². The molecule has 1 aromatic carbocycles. The number of nitrogens with two attached hydrogens (primary N) is 1. The van der Waals surface area contributed by atoms with Crippen LogP contribution in [-0.4, -0.2) is 29.9 Å². The molecule has 1 amide bonds. The molecule has 2 N–H and O–H groups in total. The lowest BCUT2D eigenvalue weighted by Gasteiger charge is -2.35. The Hall–Kier alpha value is -1.57. The Kier molecular flexibility index (Phi) is 5.81. The van der Waals surface area contributed by atoms with Gasteiger partial charge < -0.3 is 10.6 Å². The fourth-order valence-corrected chi connectivity index (χ4v) is 2.37. The molecule has 0 spiro atoms. The number of likely N-dealkylation sites (tertiary alicyclic amines) is 1. The lowest BCUT2D eigenvalue weighted by Crippen LogP contribution is -2.47. The average molecular weight is 280 g/mol. The summed E-state index contributed by atoms with van der Waals surface area (Å²) in [4.78, 5) is 14.2. The number of nitrogens with zero attached hydrogens (tertiary/aromatic N) is 2. The van der Waals surface area contributed by atoms with Gasteiger partial charge in [0.1, 0.15) is 0 Å². The second-order valence-electron chi connectivity index (χ2n) is 4.57. The summed E-state index contributed by atoms with van der Waals surface area (Å²) >= 11 is 0. The molecular formula is C14H18ClN3O. The lowest BCUT2D eigenvalue weighted by molar-refractivity contribution is 0.0623. The summed E-state index contributed by atoms with van der Waals surface area (Å²) < 4.78 is 0. The molecule has 1 atom stereocenters. The third-order valence-electron chi connectivity index (χ3n) is 3.42. The molecule has 1 saturated heterocycles. The van der Waals surface area contributed by atoms with E-state index in [0.717, 1.165) is 25.8 Å². The van der Waals surface area contributed by atoms with Crippen LogP contribution in [0.3, 0.4) is 0 Å². The molecule has 1 heterocycles. The van der Waals surface area contributed by atoms with E-state index in [2.05, 4.69) is 0 Å². The van der Waals surface area contributed by atoms with E-state index < -0.39 is 0 Å². The van der Waals surface area contributed by atoms with Crippen molar-refractivity contribution in [3.63, 3.8) is 0 Å². The summed E-state index contributed by atoms with van der Waals surface area (Å²) in [6.45, 7) is 1.29. The largest absolute Gasteiger partial charge is 0.334 e. The molecule has 1 aromatic rings. The van der Waals surface area contributed by atoms with Gasteiger partial charge in [-0.05, 0) is 43.5 Å². The van der Waals surface area contributed by atoms with Gasteiger partial charge in [0.15, 0.2) is 0 Å². The van der Waals surface area contributed by atoms with Crippen molar-refractivity contribution in [2.75, 3.05) is 13.1 Å². The topological polar surface area (TPSA) is 70.1 Å². The van der Waals surface area contributed by atoms with Gasteiger partial charge in [-0.3, -0.25) is 4.79 Å². The molecule has 4 nitrogen and oxygen atoms in total. The van der Waals surface area contributed by atoms with Crippen LogP contribution in [0, 0.1) is 11.3 Å². The van der Waals surface area contributed by atoms with E-state index in [9.17, 15) is 4.79 Å². The number of carbonyl (C=O) groups excluding carboxylic acids is 1. The highest BCUT2D eigenvalue weighted by molar-refractivity contribution is 5.94.